The summed E-state index contributed by atoms with van der Waals surface area (Å²) in [4.78, 5) is 15.2. The van der Waals surface area contributed by atoms with Gasteiger partial charge in [0.05, 0.1) is 11.4 Å². The van der Waals surface area contributed by atoms with Crippen molar-refractivity contribution in [1.29, 1.82) is 5.41 Å². The normalized spacial score (nSPS) is 14.3. The van der Waals surface area contributed by atoms with Gasteiger partial charge in [0, 0.05) is 40.4 Å². The van der Waals surface area contributed by atoms with Gasteiger partial charge in [0.25, 0.3) is 0 Å². The molecule has 0 atom stereocenters. The number of benzene rings is 1. The number of nitrogens with one attached hydrogen (secondary N) is 3. The van der Waals surface area contributed by atoms with Gasteiger partial charge < -0.3 is 10.6 Å². The fourth-order valence-electron chi connectivity index (χ4n) is 3.05. The number of anilines is 1. The minimum Gasteiger partial charge on any atom is -0.381 e. The number of hydrogen-bond donors (Lipinski definition) is 3. The van der Waals surface area contributed by atoms with Crippen LogP contribution in [0.15, 0.2) is 30.5 Å². The largest absolute Gasteiger partial charge is 0.381 e. The molecule has 7 heteroatoms. The Morgan fingerprint density at radius 1 is 1.35 bits per heavy atom. The molecule has 0 aliphatic carbocycles. The fraction of sp³-hybridized carbons (Fsp3) is 0.458. The van der Waals surface area contributed by atoms with Gasteiger partial charge in [-0.25, -0.2) is 4.39 Å². The van der Waals surface area contributed by atoms with Crippen LogP contribution in [0.5, 0.6) is 0 Å². The molecule has 1 aromatic heterocycles. The lowest BCUT2D eigenvalue weighted by Gasteiger charge is -2.37. The summed E-state index contributed by atoms with van der Waals surface area (Å²) >= 11 is 2.01. The van der Waals surface area contributed by atoms with Crippen molar-refractivity contribution in [2.75, 3.05) is 23.9 Å². The zero-order valence-electron chi connectivity index (χ0n) is 19.0. The van der Waals surface area contributed by atoms with E-state index in [0.717, 1.165) is 18.4 Å². The Labute approximate surface area is 189 Å². The van der Waals surface area contributed by atoms with Crippen molar-refractivity contribution in [3.8, 4) is 0 Å². The van der Waals surface area contributed by atoms with Crippen molar-refractivity contribution >= 4 is 29.4 Å². The minimum atomic E-state index is -0.448. The van der Waals surface area contributed by atoms with E-state index in [1.165, 1.54) is 23.8 Å². The van der Waals surface area contributed by atoms with Crippen molar-refractivity contribution in [2.24, 2.45) is 0 Å². The molecule has 0 saturated carbocycles. The number of aldehydes is 1. The van der Waals surface area contributed by atoms with Gasteiger partial charge in [-0.05, 0) is 58.0 Å². The second-order valence-electron chi connectivity index (χ2n) is 8.32. The average molecular weight is 445 g/mol. The van der Waals surface area contributed by atoms with Gasteiger partial charge in [-0.15, -0.1) is 0 Å². The maximum atomic E-state index is 14.2. The van der Waals surface area contributed by atoms with Gasteiger partial charge in [0.2, 0.25) is 0 Å². The van der Waals surface area contributed by atoms with E-state index in [-0.39, 0.29) is 17.3 Å². The van der Waals surface area contributed by atoms with E-state index >= 15 is 0 Å². The number of hydrogen-bond acceptors (Lipinski definition) is 6. The summed E-state index contributed by atoms with van der Waals surface area (Å²) < 4.78 is 14.2. The van der Waals surface area contributed by atoms with Crippen LogP contribution in [0, 0.1) is 11.2 Å². The van der Waals surface area contributed by atoms with Crippen LogP contribution in [0.1, 0.15) is 61.3 Å². The Morgan fingerprint density at radius 2 is 2.06 bits per heavy atom. The summed E-state index contributed by atoms with van der Waals surface area (Å²) in [5.74, 6) is 2.11. The molecule has 1 aromatic carbocycles. The first kappa shape index (κ1) is 25.0. The van der Waals surface area contributed by atoms with Crippen molar-refractivity contribution in [3.63, 3.8) is 0 Å². The van der Waals surface area contributed by atoms with Crippen LogP contribution in [-0.4, -0.2) is 47.1 Å². The maximum absolute atomic E-state index is 14.2. The number of halogens is 1. The van der Waals surface area contributed by atoms with E-state index in [0.29, 0.717) is 28.8 Å². The third-order valence-electron chi connectivity index (χ3n) is 5.01. The second-order valence-corrected chi connectivity index (χ2v) is 9.31. The number of nitrogens with zero attached hydrogens (tertiary/aromatic N) is 1. The highest BCUT2D eigenvalue weighted by molar-refractivity contribution is 8.00. The second kappa shape index (κ2) is 11.4. The molecule has 2 aromatic rings. The number of pyridine rings is 1. The van der Waals surface area contributed by atoms with Crippen molar-refractivity contribution in [2.45, 2.75) is 52.1 Å². The number of aryl methyl sites for hydroxylation is 1. The third-order valence-corrected chi connectivity index (χ3v) is 6.69. The average Bonchev–Trinajstić information content (AvgIpc) is 2.73. The molecule has 5 nitrogen and oxygen atoms in total. The first-order valence-corrected chi connectivity index (χ1v) is 11.7. The summed E-state index contributed by atoms with van der Waals surface area (Å²) in [6, 6.07) is 6.57. The van der Waals surface area contributed by atoms with E-state index in [9.17, 15) is 9.18 Å². The summed E-state index contributed by atoms with van der Waals surface area (Å²) in [6.45, 7) is 8.20. The predicted octanol–water partition coefficient (Wildman–Crippen LogP) is 4.93. The Bertz CT molecular complexity index is 907. The smallest absolute Gasteiger partial charge is 0.151 e. The highest BCUT2D eigenvalue weighted by Gasteiger charge is 2.29. The van der Waals surface area contributed by atoms with Crippen LogP contribution in [-0.2, 0) is 6.42 Å². The van der Waals surface area contributed by atoms with E-state index in [4.69, 9.17) is 5.41 Å². The standard InChI is InChI=1S/C19H22FN3O.C5H11NS/c1-4-5-13-6-7-16(20)15(8-13)18(21)19-17(23-12(2)3)9-14(11-24)10-22-19;1-5(6-2)3-7-4-5/h6-12,21,23H,4-5H2,1-3H3;6H,3-4H2,1-2H3. The molecule has 168 valence electrons. The molecule has 0 unspecified atom stereocenters. The molecule has 1 aliphatic rings. The molecule has 0 amide bonds. The van der Waals surface area contributed by atoms with Crippen LogP contribution in [0.4, 0.5) is 10.1 Å². The van der Waals surface area contributed by atoms with Gasteiger partial charge >= 0.3 is 0 Å². The highest BCUT2D eigenvalue weighted by atomic mass is 32.2. The summed E-state index contributed by atoms with van der Waals surface area (Å²) in [5.41, 5.74) is 2.99. The first-order valence-electron chi connectivity index (χ1n) is 10.6. The van der Waals surface area contributed by atoms with Crippen molar-refractivity contribution < 1.29 is 9.18 Å². The molecule has 0 radical (unpaired) electrons. The van der Waals surface area contributed by atoms with Gasteiger partial charge in [-0.2, -0.15) is 11.8 Å². The number of aromatic nitrogens is 1. The molecule has 1 aliphatic heterocycles. The molecular formula is C24H33FN4OS. The lowest BCUT2D eigenvalue weighted by atomic mass is 10.00. The van der Waals surface area contributed by atoms with Crippen molar-refractivity contribution in [1.82, 2.24) is 10.3 Å². The van der Waals surface area contributed by atoms with E-state index < -0.39 is 5.82 Å². The van der Waals surface area contributed by atoms with Crippen LogP contribution < -0.4 is 10.6 Å². The maximum Gasteiger partial charge on any atom is 0.151 e. The summed E-state index contributed by atoms with van der Waals surface area (Å²) in [7, 11) is 2.03. The molecule has 0 bridgehead atoms. The number of carbonyl (C=O) groups is 1. The van der Waals surface area contributed by atoms with Crippen LogP contribution in [0.2, 0.25) is 0 Å². The van der Waals surface area contributed by atoms with Gasteiger partial charge in [-0.3, -0.25) is 15.2 Å². The fourth-order valence-corrected chi connectivity index (χ4v) is 4.16. The number of carbonyl (C=O) groups excluding carboxylic acids is 1. The molecule has 1 fully saturated rings. The number of rotatable bonds is 8. The molecule has 31 heavy (non-hydrogen) atoms. The summed E-state index contributed by atoms with van der Waals surface area (Å²) in [5, 5.41) is 14.9. The molecule has 3 rings (SSSR count). The molecule has 2 heterocycles. The minimum absolute atomic E-state index is 0.00560. The molecular weight excluding hydrogens is 411 g/mol. The lowest BCUT2D eigenvalue weighted by Crippen LogP contribution is -2.51. The zero-order chi connectivity index (χ0) is 23.0. The van der Waals surface area contributed by atoms with Crippen LogP contribution >= 0.6 is 11.8 Å². The van der Waals surface area contributed by atoms with E-state index in [1.54, 1.807) is 18.2 Å². The SMILES string of the molecule is CCCc1ccc(F)c(C(=N)c2ncc(C=O)cc2NC(C)C)c1.CNC1(C)CSC1. The Morgan fingerprint density at radius 3 is 2.55 bits per heavy atom. The predicted molar refractivity (Wildman–Crippen MR) is 129 cm³/mol. The monoisotopic (exact) mass is 444 g/mol. The molecule has 3 N–H and O–H groups in total. The van der Waals surface area contributed by atoms with Crippen molar-refractivity contribution in [3.05, 3.63) is 58.7 Å². The van der Waals surface area contributed by atoms with Crippen LogP contribution in [0.3, 0.4) is 0 Å². The highest BCUT2D eigenvalue weighted by Crippen LogP contribution is 2.27. The van der Waals surface area contributed by atoms with Gasteiger partial charge in [-0.1, -0.05) is 19.4 Å². The number of thioether (sulfide) groups is 1. The van der Waals surface area contributed by atoms with Gasteiger partial charge in [0.15, 0.2) is 6.29 Å². The van der Waals surface area contributed by atoms with E-state index in [2.05, 4.69) is 29.5 Å². The van der Waals surface area contributed by atoms with Crippen LogP contribution in [0.25, 0.3) is 0 Å². The quantitative estimate of drug-likeness (QED) is 0.397. The molecule has 0 spiro atoms. The zero-order valence-corrected chi connectivity index (χ0v) is 19.8. The Balaban J connectivity index is 0.000000412. The van der Waals surface area contributed by atoms with Gasteiger partial charge in [0.1, 0.15) is 11.5 Å². The Kier molecular flexibility index (Phi) is 9.19. The Hall–Kier alpha value is -2.25. The lowest BCUT2D eigenvalue weighted by molar-refractivity contribution is 0.112. The first-order chi connectivity index (χ1) is 14.7. The summed E-state index contributed by atoms with van der Waals surface area (Å²) in [6.07, 6.45) is 3.88. The van der Waals surface area contributed by atoms with E-state index in [1.807, 2.05) is 32.7 Å². The topological polar surface area (TPSA) is 77.9 Å². The third kappa shape index (κ3) is 6.87. The molecule has 1 saturated heterocycles.